The van der Waals surface area contributed by atoms with Crippen LogP contribution in [0.3, 0.4) is 0 Å². The highest BCUT2D eigenvalue weighted by molar-refractivity contribution is 6.34. The van der Waals surface area contributed by atoms with Gasteiger partial charge in [-0.15, -0.1) is 0 Å². The second-order valence-corrected chi connectivity index (χ2v) is 4.38. The molecule has 0 aromatic carbocycles. The van der Waals surface area contributed by atoms with Crippen LogP contribution in [0.2, 0.25) is 5.02 Å². The molecule has 0 amide bonds. The van der Waals surface area contributed by atoms with Gasteiger partial charge in [-0.2, -0.15) is 5.10 Å². The summed E-state index contributed by atoms with van der Waals surface area (Å²) in [5, 5.41) is 5.11. The molecule has 0 bridgehead atoms. The molecule has 0 fully saturated rings. The zero-order valence-electron chi connectivity index (χ0n) is 9.40. The lowest BCUT2D eigenvalue weighted by Crippen LogP contribution is -2.32. The molecule has 15 heavy (non-hydrogen) atoms. The first-order valence-corrected chi connectivity index (χ1v) is 5.41. The zero-order chi connectivity index (χ0) is 11.2. The molecule has 4 nitrogen and oxygen atoms in total. The van der Waals surface area contributed by atoms with Gasteiger partial charge < -0.3 is 4.90 Å². The first kappa shape index (κ1) is 10.5. The Bertz CT molecular complexity index is 410. The van der Waals surface area contributed by atoms with Crippen molar-refractivity contribution >= 4 is 23.8 Å². The topological polar surface area (TPSA) is 33.4 Å². The Morgan fingerprint density at radius 1 is 1.40 bits per heavy atom. The van der Waals surface area contributed by atoms with Crippen LogP contribution >= 0.6 is 11.6 Å². The van der Waals surface area contributed by atoms with E-state index in [0.717, 1.165) is 11.5 Å². The maximum atomic E-state index is 6.22. The largest absolute Gasteiger partial charge is 0.310 e. The van der Waals surface area contributed by atoms with E-state index in [2.05, 4.69) is 23.9 Å². The van der Waals surface area contributed by atoms with Gasteiger partial charge in [0.2, 0.25) is 0 Å². The van der Waals surface area contributed by atoms with Crippen molar-refractivity contribution in [1.82, 2.24) is 9.78 Å². The monoisotopic (exact) mass is 226 g/mol. The molecule has 1 aromatic heterocycles. The molecule has 2 heterocycles. The smallest absolute Gasteiger partial charge is 0.175 e. The molecule has 0 saturated carbocycles. The van der Waals surface area contributed by atoms with Crippen LogP contribution in [0.15, 0.2) is 4.99 Å². The Morgan fingerprint density at radius 2 is 2.07 bits per heavy atom. The quantitative estimate of drug-likeness (QED) is 0.734. The zero-order valence-corrected chi connectivity index (χ0v) is 10.2. The Hall–Kier alpha value is -1.03. The van der Waals surface area contributed by atoms with Crippen LogP contribution in [0.4, 0.5) is 5.82 Å². The number of rotatable bonds is 1. The van der Waals surface area contributed by atoms with Gasteiger partial charge in [-0.05, 0) is 20.8 Å². The minimum Gasteiger partial charge on any atom is -0.310 e. The third-order valence-electron chi connectivity index (χ3n) is 3.05. The summed E-state index contributed by atoms with van der Waals surface area (Å²) in [4.78, 5) is 6.38. The SMILES string of the molecule is Cc1c(Cl)c(N2C=NC(C)C2C)nn1C. The molecule has 82 valence electrons. The van der Waals surface area contributed by atoms with Crippen molar-refractivity contribution in [2.24, 2.45) is 12.0 Å². The second kappa shape index (κ2) is 3.52. The van der Waals surface area contributed by atoms with Crippen LogP contribution in [-0.4, -0.2) is 28.2 Å². The first-order valence-electron chi connectivity index (χ1n) is 5.03. The molecule has 0 aliphatic carbocycles. The summed E-state index contributed by atoms with van der Waals surface area (Å²) in [5.41, 5.74) is 0.979. The van der Waals surface area contributed by atoms with E-state index in [0.29, 0.717) is 17.1 Å². The minimum absolute atomic E-state index is 0.295. The van der Waals surface area contributed by atoms with Gasteiger partial charge in [0, 0.05) is 7.05 Å². The molecular weight excluding hydrogens is 212 g/mol. The van der Waals surface area contributed by atoms with Gasteiger partial charge in [-0.3, -0.25) is 9.67 Å². The van der Waals surface area contributed by atoms with Crippen molar-refractivity contribution in [1.29, 1.82) is 0 Å². The van der Waals surface area contributed by atoms with Crippen LogP contribution in [0.5, 0.6) is 0 Å². The number of hydrogen-bond acceptors (Lipinski definition) is 3. The Balaban J connectivity index is 2.39. The number of aryl methyl sites for hydroxylation is 1. The molecule has 0 radical (unpaired) electrons. The van der Waals surface area contributed by atoms with Crippen molar-refractivity contribution in [3.8, 4) is 0 Å². The summed E-state index contributed by atoms with van der Waals surface area (Å²) in [7, 11) is 1.89. The number of nitrogens with zero attached hydrogens (tertiary/aromatic N) is 4. The fraction of sp³-hybridized carbons (Fsp3) is 0.600. The predicted molar refractivity (Wildman–Crippen MR) is 62.9 cm³/mol. The third-order valence-corrected chi connectivity index (χ3v) is 3.49. The summed E-state index contributed by atoms with van der Waals surface area (Å²) >= 11 is 6.22. The molecule has 2 unspecified atom stereocenters. The van der Waals surface area contributed by atoms with Crippen LogP contribution in [0.25, 0.3) is 0 Å². The van der Waals surface area contributed by atoms with E-state index in [1.165, 1.54) is 0 Å². The molecule has 1 aliphatic heterocycles. The van der Waals surface area contributed by atoms with E-state index in [1.807, 2.05) is 25.2 Å². The molecule has 2 atom stereocenters. The Labute approximate surface area is 94.5 Å². The molecule has 0 N–H and O–H groups in total. The molecule has 2 rings (SSSR count). The minimum atomic E-state index is 0.295. The molecule has 5 heteroatoms. The fourth-order valence-electron chi connectivity index (χ4n) is 1.62. The van der Waals surface area contributed by atoms with E-state index < -0.39 is 0 Å². The van der Waals surface area contributed by atoms with Gasteiger partial charge in [0.25, 0.3) is 0 Å². The summed E-state index contributed by atoms with van der Waals surface area (Å²) < 4.78 is 1.79. The van der Waals surface area contributed by atoms with Gasteiger partial charge in [0.15, 0.2) is 5.82 Å². The van der Waals surface area contributed by atoms with Gasteiger partial charge in [0.05, 0.1) is 24.1 Å². The van der Waals surface area contributed by atoms with Gasteiger partial charge in [0.1, 0.15) is 5.02 Å². The summed E-state index contributed by atoms with van der Waals surface area (Å²) in [6, 6.07) is 0.611. The standard InChI is InChI=1S/C10H15ClN4/c1-6-7(2)15(5-12-6)10-9(11)8(3)14(4)13-10/h5-7H,1-4H3. The predicted octanol–water partition coefficient (Wildman–Crippen LogP) is 2.01. The lowest BCUT2D eigenvalue weighted by molar-refractivity contribution is 0.631. The Morgan fingerprint density at radius 3 is 2.47 bits per heavy atom. The molecule has 1 aromatic rings. The average molecular weight is 227 g/mol. The van der Waals surface area contributed by atoms with Crippen molar-refractivity contribution < 1.29 is 0 Å². The summed E-state index contributed by atoms with van der Waals surface area (Å²) in [6.07, 6.45) is 1.82. The molecular formula is C10H15ClN4. The van der Waals surface area contributed by atoms with E-state index in [4.69, 9.17) is 11.6 Å². The second-order valence-electron chi connectivity index (χ2n) is 4.00. The lowest BCUT2D eigenvalue weighted by Gasteiger charge is -2.20. The van der Waals surface area contributed by atoms with Crippen molar-refractivity contribution in [2.75, 3.05) is 4.90 Å². The number of anilines is 1. The van der Waals surface area contributed by atoms with Crippen molar-refractivity contribution in [2.45, 2.75) is 32.9 Å². The summed E-state index contributed by atoms with van der Waals surface area (Å²) in [5.74, 6) is 0.803. The van der Waals surface area contributed by atoms with Crippen LogP contribution in [0, 0.1) is 6.92 Å². The van der Waals surface area contributed by atoms with E-state index >= 15 is 0 Å². The van der Waals surface area contributed by atoms with Gasteiger partial charge in [-0.1, -0.05) is 11.6 Å². The van der Waals surface area contributed by atoms with Crippen molar-refractivity contribution in [3.63, 3.8) is 0 Å². The third kappa shape index (κ3) is 1.53. The Kier molecular flexibility index (Phi) is 2.46. The van der Waals surface area contributed by atoms with Gasteiger partial charge >= 0.3 is 0 Å². The van der Waals surface area contributed by atoms with Crippen LogP contribution in [0.1, 0.15) is 19.5 Å². The number of aromatic nitrogens is 2. The highest BCUT2D eigenvalue weighted by Gasteiger charge is 2.28. The molecule has 0 saturated heterocycles. The van der Waals surface area contributed by atoms with Crippen LogP contribution < -0.4 is 4.90 Å². The number of hydrogen-bond donors (Lipinski definition) is 0. The first-order chi connectivity index (χ1) is 7.02. The number of halogens is 1. The average Bonchev–Trinajstić information content (AvgIpc) is 2.64. The van der Waals surface area contributed by atoms with Crippen LogP contribution in [-0.2, 0) is 7.05 Å². The summed E-state index contributed by atoms with van der Waals surface area (Å²) in [6.45, 7) is 6.17. The van der Waals surface area contributed by atoms with Gasteiger partial charge in [-0.25, -0.2) is 0 Å². The number of aliphatic imine (C=N–C) groups is 1. The fourth-order valence-corrected chi connectivity index (χ4v) is 1.87. The molecule has 0 spiro atoms. The highest BCUT2D eigenvalue weighted by Crippen LogP contribution is 2.30. The molecule has 1 aliphatic rings. The normalized spacial score (nSPS) is 25.3. The maximum Gasteiger partial charge on any atom is 0.175 e. The van der Waals surface area contributed by atoms with E-state index in [-0.39, 0.29) is 0 Å². The maximum absolute atomic E-state index is 6.22. The highest BCUT2D eigenvalue weighted by atomic mass is 35.5. The van der Waals surface area contributed by atoms with E-state index in [1.54, 1.807) is 4.68 Å². The van der Waals surface area contributed by atoms with Crippen molar-refractivity contribution in [3.05, 3.63) is 10.7 Å². The van der Waals surface area contributed by atoms with E-state index in [9.17, 15) is 0 Å². The lowest BCUT2D eigenvalue weighted by atomic mass is 10.2.